The second-order valence-corrected chi connectivity index (χ2v) is 8.10. The fourth-order valence-electron chi connectivity index (χ4n) is 4.06. The molecule has 20 heavy (non-hydrogen) atoms. The smallest absolute Gasteiger partial charge is 0.119 e. The molecule has 0 amide bonds. The number of nitrogens with zero attached hydrogens (tertiary/aromatic N) is 3. The largest absolute Gasteiger partial charge is 0.378 e. The van der Waals surface area contributed by atoms with Crippen LogP contribution in [0.3, 0.4) is 0 Å². The maximum Gasteiger partial charge on any atom is 0.119 e. The maximum absolute atomic E-state index is 5.32. The monoisotopic (exact) mass is 385 g/mol. The molecule has 2 aliphatic heterocycles. The van der Waals surface area contributed by atoms with Gasteiger partial charge in [0.2, 0.25) is 0 Å². The SMILES string of the molecule is Ic1cn([C@@H]2[C@@H]3CN(C4COC4)C[C@@H]32)c(CC2CC2)n1. The molecule has 3 heterocycles. The molecule has 0 aromatic carbocycles. The van der Waals surface area contributed by atoms with E-state index < -0.39 is 0 Å². The van der Waals surface area contributed by atoms with Gasteiger partial charge in [-0.15, -0.1) is 0 Å². The molecule has 1 aromatic rings. The number of rotatable bonds is 4. The van der Waals surface area contributed by atoms with Crippen LogP contribution in [0, 0.1) is 21.5 Å². The third kappa shape index (κ3) is 1.96. The van der Waals surface area contributed by atoms with E-state index in [1.807, 2.05) is 0 Å². The Morgan fingerprint density at radius 1 is 1.25 bits per heavy atom. The van der Waals surface area contributed by atoms with E-state index in [1.165, 1.54) is 41.9 Å². The lowest BCUT2D eigenvalue weighted by Gasteiger charge is -2.36. The Morgan fingerprint density at radius 2 is 2.00 bits per heavy atom. The van der Waals surface area contributed by atoms with E-state index in [0.717, 1.165) is 43.1 Å². The van der Waals surface area contributed by atoms with Gasteiger partial charge in [0.05, 0.1) is 19.3 Å². The van der Waals surface area contributed by atoms with Crippen LogP contribution in [0.25, 0.3) is 0 Å². The van der Waals surface area contributed by atoms with Crippen LogP contribution in [0.2, 0.25) is 0 Å². The van der Waals surface area contributed by atoms with Crippen molar-refractivity contribution in [3.63, 3.8) is 0 Å². The van der Waals surface area contributed by atoms with E-state index in [4.69, 9.17) is 9.72 Å². The van der Waals surface area contributed by atoms with Gasteiger partial charge in [-0.2, -0.15) is 0 Å². The minimum absolute atomic E-state index is 0.720. The maximum atomic E-state index is 5.32. The van der Waals surface area contributed by atoms with Crippen molar-refractivity contribution in [1.82, 2.24) is 14.5 Å². The Morgan fingerprint density at radius 3 is 2.60 bits per heavy atom. The number of likely N-dealkylation sites (tertiary alicyclic amines) is 1. The molecule has 2 saturated heterocycles. The van der Waals surface area contributed by atoms with E-state index in [2.05, 4.69) is 38.3 Å². The fourth-order valence-corrected chi connectivity index (χ4v) is 4.64. The third-order valence-corrected chi connectivity index (χ3v) is 6.10. The second kappa shape index (κ2) is 4.43. The number of imidazole rings is 1. The Hall–Kier alpha value is -0.140. The van der Waals surface area contributed by atoms with Gasteiger partial charge in [0.1, 0.15) is 9.53 Å². The van der Waals surface area contributed by atoms with Crippen LogP contribution in [0.15, 0.2) is 6.20 Å². The summed E-state index contributed by atoms with van der Waals surface area (Å²) in [4.78, 5) is 7.43. The Labute approximate surface area is 133 Å². The van der Waals surface area contributed by atoms with Gasteiger partial charge in [-0.05, 0) is 53.2 Å². The number of ether oxygens (including phenoxy) is 1. The Kier molecular flexibility index (Phi) is 2.75. The minimum Gasteiger partial charge on any atom is -0.378 e. The number of halogens is 1. The van der Waals surface area contributed by atoms with Gasteiger partial charge in [-0.1, -0.05) is 0 Å². The van der Waals surface area contributed by atoms with Crippen LogP contribution in [0.5, 0.6) is 0 Å². The molecule has 2 aliphatic carbocycles. The van der Waals surface area contributed by atoms with E-state index in [-0.39, 0.29) is 0 Å². The van der Waals surface area contributed by atoms with Crippen LogP contribution in [-0.2, 0) is 11.2 Å². The summed E-state index contributed by atoms with van der Waals surface area (Å²) < 4.78 is 9.03. The van der Waals surface area contributed by atoms with Gasteiger partial charge in [-0.3, -0.25) is 4.90 Å². The average molecular weight is 385 g/mol. The molecule has 108 valence electrons. The molecule has 0 N–H and O–H groups in total. The number of hydrogen-bond acceptors (Lipinski definition) is 3. The molecule has 0 unspecified atom stereocenters. The zero-order valence-corrected chi connectivity index (χ0v) is 13.7. The van der Waals surface area contributed by atoms with Gasteiger partial charge in [0.15, 0.2) is 0 Å². The highest BCUT2D eigenvalue weighted by atomic mass is 127. The molecular formula is C15H20IN3O. The van der Waals surface area contributed by atoms with Crippen molar-refractivity contribution >= 4 is 22.6 Å². The zero-order valence-electron chi connectivity index (χ0n) is 11.5. The fraction of sp³-hybridized carbons (Fsp3) is 0.800. The first-order valence-corrected chi connectivity index (χ1v) is 8.92. The summed E-state index contributed by atoms with van der Waals surface area (Å²) in [6.07, 6.45) is 6.32. The second-order valence-electron chi connectivity index (χ2n) is 7.00. The van der Waals surface area contributed by atoms with E-state index in [1.54, 1.807) is 0 Å². The highest BCUT2D eigenvalue weighted by Crippen LogP contribution is 2.56. The zero-order chi connectivity index (χ0) is 13.3. The van der Waals surface area contributed by atoms with E-state index in [0.29, 0.717) is 0 Å². The van der Waals surface area contributed by atoms with Crippen molar-refractivity contribution < 1.29 is 4.74 Å². The predicted octanol–water partition coefficient (Wildman–Crippen LogP) is 1.94. The molecule has 5 rings (SSSR count). The highest BCUT2D eigenvalue weighted by Gasteiger charge is 2.58. The van der Waals surface area contributed by atoms with Crippen LogP contribution >= 0.6 is 22.6 Å². The lowest BCUT2D eigenvalue weighted by Crippen LogP contribution is -2.49. The summed E-state index contributed by atoms with van der Waals surface area (Å²) in [5.41, 5.74) is 0. The molecule has 0 spiro atoms. The molecule has 0 radical (unpaired) electrons. The number of aromatic nitrogens is 2. The first-order chi connectivity index (χ1) is 9.79. The molecule has 5 heteroatoms. The van der Waals surface area contributed by atoms with Gasteiger partial charge in [0.25, 0.3) is 0 Å². The third-order valence-electron chi connectivity index (χ3n) is 5.58. The normalized spacial score (nSPS) is 37.0. The van der Waals surface area contributed by atoms with E-state index in [9.17, 15) is 0 Å². The van der Waals surface area contributed by atoms with Gasteiger partial charge in [-0.25, -0.2) is 4.98 Å². The predicted molar refractivity (Wildman–Crippen MR) is 83.6 cm³/mol. The van der Waals surface area contributed by atoms with Gasteiger partial charge < -0.3 is 9.30 Å². The van der Waals surface area contributed by atoms with Crippen LogP contribution in [0.1, 0.15) is 24.7 Å². The van der Waals surface area contributed by atoms with Gasteiger partial charge >= 0.3 is 0 Å². The van der Waals surface area contributed by atoms with Crippen LogP contribution in [0.4, 0.5) is 0 Å². The lowest BCUT2D eigenvalue weighted by atomic mass is 10.2. The van der Waals surface area contributed by atoms with Gasteiger partial charge in [0, 0.05) is 31.7 Å². The highest BCUT2D eigenvalue weighted by molar-refractivity contribution is 14.1. The Balaban J connectivity index is 1.31. The summed E-state index contributed by atoms with van der Waals surface area (Å²) in [5.74, 6) is 4.03. The number of hydrogen-bond donors (Lipinski definition) is 0. The number of piperidine rings is 1. The van der Waals surface area contributed by atoms with Crippen molar-refractivity contribution in [3.8, 4) is 0 Å². The van der Waals surface area contributed by atoms with E-state index >= 15 is 0 Å². The summed E-state index contributed by atoms with van der Waals surface area (Å²) in [5, 5.41) is 0. The number of fused-ring (bicyclic) bond motifs is 1. The Bertz CT molecular complexity index is 525. The standard InChI is InChI=1S/C15H20IN3O/c16-13-6-19(14(17-13)3-9-1-2-9)15-11-4-18(5-12(11)15)10-7-20-8-10/h6,9-12,15H,1-5,7-8H2/t11-,12+,15-. The first kappa shape index (κ1) is 12.4. The molecule has 1 aromatic heterocycles. The molecular weight excluding hydrogens is 365 g/mol. The molecule has 0 bridgehead atoms. The van der Waals surface area contributed by atoms with Crippen molar-refractivity contribution in [2.24, 2.45) is 17.8 Å². The summed E-state index contributed by atoms with van der Waals surface area (Å²) >= 11 is 2.37. The molecule has 4 aliphatic rings. The first-order valence-electron chi connectivity index (χ1n) is 7.84. The summed E-state index contributed by atoms with van der Waals surface area (Å²) in [7, 11) is 0. The average Bonchev–Trinajstić information content (AvgIpc) is 3.20. The molecule has 4 nitrogen and oxygen atoms in total. The van der Waals surface area contributed by atoms with Crippen molar-refractivity contribution in [1.29, 1.82) is 0 Å². The van der Waals surface area contributed by atoms with Crippen molar-refractivity contribution in [3.05, 3.63) is 15.7 Å². The molecule has 3 atom stereocenters. The molecule has 2 saturated carbocycles. The van der Waals surface area contributed by atoms with Crippen molar-refractivity contribution in [2.75, 3.05) is 26.3 Å². The van der Waals surface area contributed by atoms with Crippen LogP contribution < -0.4 is 0 Å². The topological polar surface area (TPSA) is 30.3 Å². The van der Waals surface area contributed by atoms with Crippen LogP contribution in [-0.4, -0.2) is 46.8 Å². The minimum atomic E-state index is 0.720. The quantitative estimate of drug-likeness (QED) is 0.743. The summed E-state index contributed by atoms with van der Waals surface area (Å²) in [6, 6.07) is 1.47. The van der Waals surface area contributed by atoms with Crippen molar-refractivity contribution in [2.45, 2.75) is 31.3 Å². The summed E-state index contributed by atoms with van der Waals surface area (Å²) in [6.45, 7) is 4.47. The molecule has 4 fully saturated rings. The lowest BCUT2D eigenvalue weighted by molar-refractivity contribution is -0.0616.